The Morgan fingerprint density at radius 1 is 1.10 bits per heavy atom. The summed E-state index contributed by atoms with van der Waals surface area (Å²) >= 11 is 0. The average Bonchev–Trinajstić information content (AvgIpc) is 2.68. The number of sulfone groups is 1. The van der Waals surface area contributed by atoms with Gasteiger partial charge in [0.25, 0.3) is 5.91 Å². The zero-order valence-electron chi connectivity index (χ0n) is 16.2. The van der Waals surface area contributed by atoms with Crippen molar-refractivity contribution in [3.05, 3.63) is 59.7 Å². The molecule has 0 atom stereocenters. The van der Waals surface area contributed by atoms with Crippen LogP contribution in [0.1, 0.15) is 28.8 Å². The molecule has 1 aliphatic heterocycles. The molecule has 7 nitrogen and oxygen atoms in total. The van der Waals surface area contributed by atoms with E-state index in [1.165, 1.54) is 24.3 Å². The number of carbonyl (C=O) groups excluding carboxylic acids is 1. The van der Waals surface area contributed by atoms with Crippen molar-refractivity contribution in [2.24, 2.45) is 5.92 Å². The summed E-state index contributed by atoms with van der Waals surface area (Å²) in [5, 5.41) is 11.9. The van der Waals surface area contributed by atoms with Crippen LogP contribution in [-0.4, -0.2) is 49.6 Å². The fourth-order valence-corrected chi connectivity index (χ4v) is 4.03. The minimum atomic E-state index is -3.30. The van der Waals surface area contributed by atoms with Gasteiger partial charge in [0, 0.05) is 24.1 Å². The standard InChI is InChI=1S/C21H24N2O5S/c1-29(27,28)19-7-5-16(6-8-19)20(24)22-18-4-2-3-15(13-18)14-23-11-9-17(10-12-23)21(25)26/h2-8,13,17H,9-12,14H2,1H3,(H,22,24)(H,25,26). The fourth-order valence-electron chi connectivity index (χ4n) is 3.40. The van der Waals surface area contributed by atoms with Crippen LogP contribution in [0.4, 0.5) is 5.69 Å². The maximum absolute atomic E-state index is 12.4. The van der Waals surface area contributed by atoms with E-state index in [-0.39, 0.29) is 16.7 Å². The molecule has 0 saturated carbocycles. The summed E-state index contributed by atoms with van der Waals surface area (Å²) in [5.41, 5.74) is 2.06. The SMILES string of the molecule is CS(=O)(=O)c1ccc(C(=O)Nc2cccc(CN3CCC(C(=O)O)CC3)c2)cc1. The van der Waals surface area contributed by atoms with Gasteiger partial charge in [-0.25, -0.2) is 8.42 Å². The van der Waals surface area contributed by atoms with E-state index in [1.807, 2.05) is 18.2 Å². The van der Waals surface area contributed by atoms with Crippen LogP contribution < -0.4 is 5.32 Å². The van der Waals surface area contributed by atoms with E-state index in [9.17, 15) is 18.0 Å². The number of nitrogens with zero attached hydrogens (tertiary/aromatic N) is 1. The lowest BCUT2D eigenvalue weighted by atomic mass is 9.97. The number of nitrogens with one attached hydrogen (secondary N) is 1. The molecular formula is C21H24N2O5S. The van der Waals surface area contributed by atoms with Crippen LogP contribution >= 0.6 is 0 Å². The number of carboxylic acid groups (broad SMARTS) is 1. The number of carboxylic acids is 1. The summed E-state index contributed by atoms with van der Waals surface area (Å²) in [6.45, 7) is 2.17. The third-order valence-electron chi connectivity index (χ3n) is 5.07. The van der Waals surface area contributed by atoms with E-state index in [2.05, 4.69) is 10.2 Å². The van der Waals surface area contributed by atoms with E-state index in [4.69, 9.17) is 5.11 Å². The summed E-state index contributed by atoms with van der Waals surface area (Å²) < 4.78 is 23.0. The largest absolute Gasteiger partial charge is 0.481 e. The van der Waals surface area contributed by atoms with Gasteiger partial charge in [0.1, 0.15) is 0 Å². The molecule has 29 heavy (non-hydrogen) atoms. The smallest absolute Gasteiger partial charge is 0.306 e. The number of aliphatic carboxylic acids is 1. The molecule has 2 aromatic carbocycles. The van der Waals surface area contributed by atoms with Crippen LogP contribution in [0.5, 0.6) is 0 Å². The highest BCUT2D eigenvalue weighted by atomic mass is 32.2. The average molecular weight is 416 g/mol. The predicted octanol–water partition coefficient (Wildman–Crippen LogP) is 2.64. The van der Waals surface area contributed by atoms with Gasteiger partial charge in [-0.3, -0.25) is 14.5 Å². The van der Waals surface area contributed by atoms with Crippen LogP contribution in [0.3, 0.4) is 0 Å². The number of anilines is 1. The molecule has 0 bridgehead atoms. The van der Waals surface area contributed by atoms with Crippen LogP contribution in [0.15, 0.2) is 53.4 Å². The molecule has 2 aromatic rings. The lowest BCUT2D eigenvalue weighted by Gasteiger charge is -2.30. The second kappa shape index (κ2) is 8.75. The summed E-state index contributed by atoms with van der Waals surface area (Å²) in [6, 6.07) is 13.3. The number of carbonyl (C=O) groups is 2. The van der Waals surface area contributed by atoms with Crippen molar-refractivity contribution in [2.45, 2.75) is 24.3 Å². The van der Waals surface area contributed by atoms with Crippen molar-refractivity contribution in [2.75, 3.05) is 24.7 Å². The summed E-state index contributed by atoms with van der Waals surface area (Å²) in [7, 11) is -3.30. The molecule has 1 fully saturated rings. The highest BCUT2D eigenvalue weighted by Gasteiger charge is 2.24. The third-order valence-corrected chi connectivity index (χ3v) is 6.20. The van der Waals surface area contributed by atoms with Crippen LogP contribution in [0.25, 0.3) is 0 Å². The van der Waals surface area contributed by atoms with Crippen molar-refractivity contribution in [3.8, 4) is 0 Å². The number of hydrogen-bond donors (Lipinski definition) is 2. The van der Waals surface area contributed by atoms with E-state index in [0.717, 1.165) is 24.9 Å². The van der Waals surface area contributed by atoms with Gasteiger partial charge in [0.05, 0.1) is 10.8 Å². The molecule has 0 unspecified atom stereocenters. The van der Waals surface area contributed by atoms with E-state index in [0.29, 0.717) is 30.6 Å². The van der Waals surface area contributed by atoms with Gasteiger partial charge in [0.2, 0.25) is 0 Å². The minimum Gasteiger partial charge on any atom is -0.481 e. The molecule has 3 rings (SSSR count). The summed E-state index contributed by atoms with van der Waals surface area (Å²) in [4.78, 5) is 25.9. The Morgan fingerprint density at radius 2 is 1.76 bits per heavy atom. The molecule has 1 amide bonds. The van der Waals surface area contributed by atoms with Crippen LogP contribution in [0, 0.1) is 5.92 Å². The summed E-state index contributed by atoms with van der Waals surface area (Å²) in [5.74, 6) is -1.30. The number of hydrogen-bond acceptors (Lipinski definition) is 5. The highest BCUT2D eigenvalue weighted by Crippen LogP contribution is 2.21. The number of piperidine rings is 1. The quantitative estimate of drug-likeness (QED) is 0.750. The Balaban J connectivity index is 1.61. The molecule has 1 saturated heterocycles. The molecule has 0 aromatic heterocycles. The van der Waals surface area contributed by atoms with Crippen molar-refractivity contribution in [1.29, 1.82) is 0 Å². The predicted molar refractivity (Wildman–Crippen MR) is 110 cm³/mol. The number of likely N-dealkylation sites (tertiary alicyclic amines) is 1. The molecule has 2 N–H and O–H groups in total. The first kappa shape index (κ1) is 21.0. The fraction of sp³-hybridized carbons (Fsp3) is 0.333. The lowest BCUT2D eigenvalue weighted by molar-refractivity contribution is -0.143. The second-order valence-corrected chi connectivity index (χ2v) is 9.36. The normalized spacial score (nSPS) is 15.8. The van der Waals surface area contributed by atoms with E-state index in [1.54, 1.807) is 6.07 Å². The Kier molecular flexibility index (Phi) is 6.34. The van der Waals surface area contributed by atoms with Gasteiger partial charge in [-0.15, -0.1) is 0 Å². The van der Waals surface area contributed by atoms with Crippen molar-refractivity contribution >= 4 is 27.4 Å². The minimum absolute atomic E-state index is 0.169. The Hall–Kier alpha value is -2.71. The number of amides is 1. The molecule has 0 aliphatic carbocycles. The Bertz CT molecular complexity index is 994. The van der Waals surface area contributed by atoms with Gasteiger partial charge in [-0.05, 0) is 67.9 Å². The molecule has 0 spiro atoms. The maximum Gasteiger partial charge on any atom is 0.306 e. The molecule has 0 radical (unpaired) electrons. The van der Waals surface area contributed by atoms with Crippen molar-refractivity contribution in [3.63, 3.8) is 0 Å². The van der Waals surface area contributed by atoms with Gasteiger partial charge in [0.15, 0.2) is 9.84 Å². The highest BCUT2D eigenvalue weighted by molar-refractivity contribution is 7.90. The van der Waals surface area contributed by atoms with Crippen molar-refractivity contribution < 1.29 is 23.1 Å². The maximum atomic E-state index is 12.4. The Morgan fingerprint density at radius 3 is 2.34 bits per heavy atom. The van der Waals surface area contributed by atoms with E-state index < -0.39 is 15.8 Å². The van der Waals surface area contributed by atoms with Crippen LogP contribution in [0.2, 0.25) is 0 Å². The monoisotopic (exact) mass is 416 g/mol. The molecule has 1 aliphatic rings. The lowest BCUT2D eigenvalue weighted by Crippen LogP contribution is -2.35. The zero-order chi connectivity index (χ0) is 21.0. The first-order valence-electron chi connectivity index (χ1n) is 9.38. The van der Waals surface area contributed by atoms with Gasteiger partial charge in [-0.2, -0.15) is 0 Å². The molecular weight excluding hydrogens is 392 g/mol. The van der Waals surface area contributed by atoms with Crippen LogP contribution in [-0.2, 0) is 21.2 Å². The van der Waals surface area contributed by atoms with Gasteiger partial charge < -0.3 is 10.4 Å². The molecule has 8 heteroatoms. The van der Waals surface area contributed by atoms with Crippen molar-refractivity contribution in [1.82, 2.24) is 4.90 Å². The molecule has 1 heterocycles. The third kappa shape index (κ3) is 5.65. The summed E-state index contributed by atoms with van der Waals surface area (Å²) in [6.07, 6.45) is 2.42. The first-order valence-corrected chi connectivity index (χ1v) is 11.3. The topological polar surface area (TPSA) is 104 Å². The number of rotatable bonds is 6. The number of benzene rings is 2. The van der Waals surface area contributed by atoms with E-state index >= 15 is 0 Å². The first-order chi connectivity index (χ1) is 13.7. The Labute approximate surface area is 170 Å². The van der Waals surface area contributed by atoms with Gasteiger partial charge in [-0.1, -0.05) is 12.1 Å². The zero-order valence-corrected chi connectivity index (χ0v) is 17.0. The van der Waals surface area contributed by atoms with Gasteiger partial charge >= 0.3 is 5.97 Å². The molecule has 154 valence electrons. The second-order valence-electron chi connectivity index (χ2n) is 7.34.